The number of hydrogen-bond donors (Lipinski definition) is 1. The molecule has 4 nitrogen and oxygen atoms in total. The number of thioether (sulfide) groups is 1. The van der Waals surface area contributed by atoms with Gasteiger partial charge in [-0.15, -0.1) is 0 Å². The normalized spacial score (nSPS) is 25.9. The van der Waals surface area contributed by atoms with Gasteiger partial charge in [0.25, 0.3) is 0 Å². The lowest BCUT2D eigenvalue weighted by Crippen LogP contribution is -2.38. The molecule has 0 aliphatic heterocycles. The van der Waals surface area contributed by atoms with Crippen LogP contribution in [0.1, 0.15) is 19.3 Å². The third-order valence-electron chi connectivity index (χ3n) is 2.42. The molecule has 1 fully saturated rings. The Balaban J connectivity index is 2.32. The van der Waals surface area contributed by atoms with E-state index in [1.807, 2.05) is 11.8 Å². The Morgan fingerprint density at radius 1 is 1.43 bits per heavy atom. The second-order valence-electron chi connectivity index (χ2n) is 3.33. The molecule has 1 aliphatic rings. The highest BCUT2D eigenvalue weighted by Crippen LogP contribution is 2.27. The molecule has 1 aliphatic carbocycles. The Morgan fingerprint density at radius 2 is 2.14 bits per heavy atom. The van der Waals surface area contributed by atoms with Crippen molar-refractivity contribution in [3.63, 3.8) is 0 Å². The van der Waals surface area contributed by atoms with Crippen molar-refractivity contribution < 1.29 is 14.3 Å². The number of ether oxygens (including phenoxy) is 1. The molecule has 0 aromatic heterocycles. The Hall–Kier alpha value is -0.710. The lowest BCUT2D eigenvalue weighted by Gasteiger charge is -2.11. The predicted molar refractivity (Wildman–Crippen MR) is 55.1 cm³/mol. The second-order valence-corrected chi connectivity index (χ2v) is 4.47. The van der Waals surface area contributed by atoms with E-state index in [9.17, 15) is 9.59 Å². The van der Waals surface area contributed by atoms with E-state index in [4.69, 9.17) is 0 Å². The third-order valence-corrected chi connectivity index (χ3v) is 3.52. The summed E-state index contributed by atoms with van der Waals surface area (Å²) in [7, 11) is 1.21. The fourth-order valence-corrected chi connectivity index (χ4v) is 2.42. The van der Waals surface area contributed by atoms with E-state index in [-0.39, 0.29) is 6.04 Å². The molecule has 0 spiro atoms. The average molecular weight is 217 g/mol. The summed E-state index contributed by atoms with van der Waals surface area (Å²) in [6.07, 6.45) is 5.07. The first-order valence-corrected chi connectivity index (χ1v) is 5.87. The molecule has 0 bridgehead atoms. The van der Waals surface area contributed by atoms with Crippen LogP contribution in [0.3, 0.4) is 0 Å². The SMILES string of the molecule is COC(=O)C(=O)NC1CCC(SC)C1. The van der Waals surface area contributed by atoms with Crippen molar-refractivity contribution in [3.05, 3.63) is 0 Å². The Labute approximate surface area is 87.8 Å². The molecule has 1 amide bonds. The number of nitrogens with one attached hydrogen (secondary N) is 1. The Morgan fingerprint density at radius 3 is 2.64 bits per heavy atom. The minimum Gasteiger partial charge on any atom is -0.462 e. The van der Waals surface area contributed by atoms with Crippen LogP contribution in [0, 0.1) is 0 Å². The Bertz CT molecular complexity index is 232. The van der Waals surface area contributed by atoms with E-state index in [1.54, 1.807) is 0 Å². The van der Waals surface area contributed by atoms with E-state index in [2.05, 4.69) is 16.3 Å². The van der Waals surface area contributed by atoms with E-state index in [0.717, 1.165) is 19.3 Å². The van der Waals surface area contributed by atoms with Gasteiger partial charge in [-0.3, -0.25) is 4.79 Å². The first-order valence-electron chi connectivity index (χ1n) is 4.59. The maximum absolute atomic E-state index is 11.1. The highest BCUT2D eigenvalue weighted by atomic mass is 32.2. The number of esters is 1. The zero-order valence-electron chi connectivity index (χ0n) is 8.41. The van der Waals surface area contributed by atoms with Crippen molar-refractivity contribution in [2.24, 2.45) is 0 Å². The molecule has 0 saturated heterocycles. The van der Waals surface area contributed by atoms with Crippen LogP contribution in [0.4, 0.5) is 0 Å². The number of methoxy groups -OCH3 is 1. The summed E-state index contributed by atoms with van der Waals surface area (Å²) < 4.78 is 4.32. The molecule has 1 N–H and O–H groups in total. The summed E-state index contributed by atoms with van der Waals surface area (Å²) in [5.41, 5.74) is 0. The van der Waals surface area contributed by atoms with Gasteiger partial charge < -0.3 is 10.1 Å². The summed E-state index contributed by atoms with van der Waals surface area (Å²) >= 11 is 1.81. The van der Waals surface area contributed by atoms with Crippen LogP contribution in [0.5, 0.6) is 0 Å². The maximum atomic E-state index is 11.1. The van der Waals surface area contributed by atoms with E-state index in [1.165, 1.54) is 7.11 Å². The average Bonchev–Trinajstić information content (AvgIpc) is 2.64. The number of carbonyl (C=O) groups excluding carboxylic acids is 2. The predicted octanol–water partition coefficient (Wildman–Crippen LogP) is 0.560. The smallest absolute Gasteiger partial charge is 0.396 e. The first-order chi connectivity index (χ1) is 6.67. The molecule has 2 unspecified atom stereocenters. The topological polar surface area (TPSA) is 55.4 Å². The van der Waals surface area contributed by atoms with E-state index >= 15 is 0 Å². The molecular formula is C9H15NO3S. The van der Waals surface area contributed by atoms with Crippen molar-refractivity contribution in [1.29, 1.82) is 0 Å². The first kappa shape index (κ1) is 11.4. The van der Waals surface area contributed by atoms with Crippen LogP contribution in [0.25, 0.3) is 0 Å². The van der Waals surface area contributed by atoms with Crippen molar-refractivity contribution in [1.82, 2.24) is 5.32 Å². The molecule has 2 atom stereocenters. The number of rotatable bonds is 2. The molecule has 14 heavy (non-hydrogen) atoms. The summed E-state index contributed by atoms with van der Waals surface area (Å²) in [6.45, 7) is 0. The summed E-state index contributed by atoms with van der Waals surface area (Å²) in [4.78, 5) is 21.9. The van der Waals surface area contributed by atoms with E-state index in [0.29, 0.717) is 5.25 Å². The van der Waals surface area contributed by atoms with Crippen LogP contribution >= 0.6 is 11.8 Å². The van der Waals surface area contributed by atoms with Gasteiger partial charge in [0.1, 0.15) is 0 Å². The number of amides is 1. The molecule has 1 rings (SSSR count). The zero-order chi connectivity index (χ0) is 10.6. The van der Waals surface area contributed by atoms with Crippen molar-refractivity contribution >= 4 is 23.6 Å². The highest BCUT2D eigenvalue weighted by Gasteiger charge is 2.27. The maximum Gasteiger partial charge on any atom is 0.396 e. The van der Waals surface area contributed by atoms with Crippen LogP contribution in [-0.4, -0.2) is 36.5 Å². The van der Waals surface area contributed by atoms with Gasteiger partial charge in [-0.2, -0.15) is 11.8 Å². The molecule has 5 heteroatoms. The van der Waals surface area contributed by atoms with Crippen molar-refractivity contribution in [2.75, 3.05) is 13.4 Å². The lowest BCUT2D eigenvalue weighted by molar-refractivity contribution is -0.153. The molecule has 0 aromatic carbocycles. The fraction of sp³-hybridized carbons (Fsp3) is 0.778. The van der Waals surface area contributed by atoms with Crippen molar-refractivity contribution in [3.8, 4) is 0 Å². The van der Waals surface area contributed by atoms with Gasteiger partial charge in [-0.25, -0.2) is 4.79 Å². The zero-order valence-corrected chi connectivity index (χ0v) is 9.23. The molecule has 0 radical (unpaired) electrons. The van der Waals surface area contributed by atoms with Gasteiger partial charge in [0.05, 0.1) is 7.11 Å². The standard InChI is InChI=1S/C9H15NO3S/c1-13-9(12)8(11)10-6-3-4-7(5-6)14-2/h6-7H,3-5H2,1-2H3,(H,10,11). The van der Waals surface area contributed by atoms with Gasteiger partial charge in [0, 0.05) is 11.3 Å². The van der Waals surface area contributed by atoms with Crippen LogP contribution in [-0.2, 0) is 14.3 Å². The van der Waals surface area contributed by atoms with Gasteiger partial charge >= 0.3 is 11.9 Å². The minimum absolute atomic E-state index is 0.138. The third kappa shape index (κ3) is 2.90. The van der Waals surface area contributed by atoms with Crippen LogP contribution in [0.15, 0.2) is 0 Å². The fourth-order valence-electron chi connectivity index (χ4n) is 1.62. The summed E-state index contributed by atoms with van der Waals surface area (Å²) in [5.74, 6) is -1.43. The van der Waals surface area contributed by atoms with Gasteiger partial charge in [-0.1, -0.05) is 0 Å². The van der Waals surface area contributed by atoms with Gasteiger partial charge in [0.2, 0.25) is 0 Å². The minimum atomic E-state index is -0.808. The van der Waals surface area contributed by atoms with Crippen LogP contribution in [0.2, 0.25) is 0 Å². The quantitative estimate of drug-likeness (QED) is 0.542. The van der Waals surface area contributed by atoms with E-state index < -0.39 is 11.9 Å². The Kier molecular flexibility index (Phi) is 4.25. The molecule has 80 valence electrons. The summed E-state index contributed by atoms with van der Waals surface area (Å²) in [6, 6.07) is 0.138. The lowest BCUT2D eigenvalue weighted by atomic mass is 10.2. The molecule has 0 heterocycles. The highest BCUT2D eigenvalue weighted by molar-refractivity contribution is 7.99. The van der Waals surface area contributed by atoms with Crippen molar-refractivity contribution in [2.45, 2.75) is 30.6 Å². The number of hydrogen-bond acceptors (Lipinski definition) is 4. The number of carbonyl (C=O) groups is 2. The summed E-state index contributed by atoms with van der Waals surface area (Å²) in [5, 5.41) is 3.28. The van der Waals surface area contributed by atoms with Gasteiger partial charge in [-0.05, 0) is 25.5 Å². The second kappa shape index (κ2) is 5.24. The van der Waals surface area contributed by atoms with Crippen LogP contribution < -0.4 is 5.32 Å². The molecule has 1 saturated carbocycles. The molecule has 0 aromatic rings. The largest absolute Gasteiger partial charge is 0.462 e. The molecular weight excluding hydrogens is 202 g/mol. The van der Waals surface area contributed by atoms with Gasteiger partial charge in [0.15, 0.2) is 0 Å². The monoisotopic (exact) mass is 217 g/mol.